The molecule has 0 amide bonds. The summed E-state index contributed by atoms with van der Waals surface area (Å²) in [7, 11) is -3.63. The highest BCUT2D eigenvalue weighted by Crippen LogP contribution is 2.08. The first kappa shape index (κ1) is 14.5. The molecule has 0 saturated heterocycles. The van der Waals surface area contributed by atoms with Gasteiger partial charge in [-0.15, -0.1) is 0 Å². The zero-order valence-electron chi connectivity index (χ0n) is 9.20. The monoisotopic (exact) mass is 324 g/mol. The number of rotatable bonds is 7. The van der Waals surface area contributed by atoms with Gasteiger partial charge in [-0.1, -0.05) is 22.4 Å². The summed E-state index contributed by atoms with van der Waals surface area (Å²) in [4.78, 5) is 3.37. The molecule has 0 radical (unpaired) electrons. The molecule has 0 atom stereocenters. The van der Waals surface area contributed by atoms with Crippen molar-refractivity contribution in [3.8, 4) is 0 Å². The molecule has 0 aliphatic carbocycles. The summed E-state index contributed by atoms with van der Waals surface area (Å²) < 4.78 is 38.6. The van der Waals surface area contributed by atoms with Gasteiger partial charge in [0, 0.05) is 18.1 Å². The van der Waals surface area contributed by atoms with Crippen molar-refractivity contribution in [1.82, 2.24) is 9.71 Å². The van der Waals surface area contributed by atoms with Gasteiger partial charge in [0.25, 0.3) is 0 Å². The van der Waals surface area contributed by atoms with Gasteiger partial charge in [-0.3, -0.25) is 4.98 Å². The Balaban J connectivity index is 2.51. The Labute approximate surface area is 109 Å². The third kappa shape index (κ3) is 5.10. The second kappa shape index (κ2) is 7.03. The van der Waals surface area contributed by atoms with E-state index in [2.05, 4.69) is 25.6 Å². The van der Waals surface area contributed by atoms with E-state index in [1.165, 1.54) is 0 Å². The van der Waals surface area contributed by atoms with Gasteiger partial charge in [-0.2, -0.15) is 0 Å². The van der Waals surface area contributed by atoms with E-state index in [0.29, 0.717) is 6.54 Å². The summed E-state index contributed by atoms with van der Waals surface area (Å²) in [5.41, 5.74) is 0. The smallest absolute Gasteiger partial charge is 0.242 e. The van der Waals surface area contributed by atoms with Crippen molar-refractivity contribution in [1.29, 1.82) is 0 Å². The zero-order chi connectivity index (χ0) is 12.7. The van der Waals surface area contributed by atoms with E-state index < -0.39 is 15.8 Å². The van der Waals surface area contributed by atoms with Crippen LogP contribution in [0.15, 0.2) is 23.4 Å². The largest absolute Gasteiger partial charge is 0.260 e. The number of nitrogens with one attached hydrogen (secondary N) is 1. The van der Waals surface area contributed by atoms with Crippen LogP contribution in [0.25, 0.3) is 0 Å². The van der Waals surface area contributed by atoms with Crippen LogP contribution in [-0.4, -0.2) is 25.3 Å². The van der Waals surface area contributed by atoms with Crippen molar-refractivity contribution in [2.45, 2.75) is 24.2 Å². The number of sulfonamides is 1. The maximum atomic E-state index is 12.8. The number of aromatic nitrogens is 1. The number of nitrogens with zero attached hydrogens (tertiary/aromatic N) is 1. The molecule has 0 unspecified atom stereocenters. The molecule has 0 fully saturated rings. The molecule has 4 nitrogen and oxygen atoms in total. The van der Waals surface area contributed by atoms with Crippen LogP contribution >= 0.6 is 15.9 Å². The molecule has 0 aliphatic rings. The molecule has 0 aromatic carbocycles. The van der Waals surface area contributed by atoms with Crippen molar-refractivity contribution in [2.24, 2.45) is 0 Å². The van der Waals surface area contributed by atoms with Crippen molar-refractivity contribution in [2.75, 3.05) is 11.9 Å². The highest BCUT2D eigenvalue weighted by molar-refractivity contribution is 9.09. The summed E-state index contributed by atoms with van der Waals surface area (Å²) >= 11 is 3.30. The lowest BCUT2D eigenvalue weighted by Crippen LogP contribution is -2.25. The minimum absolute atomic E-state index is 0.141. The molecule has 1 rings (SSSR count). The van der Waals surface area contributed by atoms with Crippen LogP contribution in [0.4, 0.5) is 4.39 Å². The molecule has 1 aromatic rings. The molecule has 96 valence electrons. The topological polar surface area (TPSA) is 59.1 Å². The Hall–Kier alpha value is -0.530. The molecule has 1 N–H and O–H groups in total. The molecule has 17 heavy (non-hydrogen) atoms. The quantitative estimate of drug-likeness (QED) is 0.617. The number of alkyl halides is 1. The summed E-state index contributed by atoms with van der Waals surface area (Å²) in [6.07, 6.45) is 4.80. The average Bonchev–Trinajstić information content (AvgIpc) is 2.29. The molecule has 0 aliphatic heterocycles. The molecule has 0 spiro atoms. The SMILES string of the molecule is O=S(=O)(NCCCCCBr)c1cncc(F)c1. The van der Waals surface area contributed by atoms with Crippen LogP contribution in [-0.2, 0) is 10.0 Å². The normalized spacial score (nSPS) is 11.6. The summed E-state index contributed by atoms with van der Waals surface area (Å²) in [5, 5.41) is 0.910. The summed E-state index contributed by atoms with van der Waals surface area (Å²) in [5.74, 6) is -0.660. The van der Waals surface area contributed by atoms with E-state index in [1.54, 1.807) is 0 Å². The van der Waals surface area contributed by atoms with Gasteiger partial charge in [0.1, 0.15) is 10.7 Å². The van der Waals surface area contributed by atoms with Gasteiger partial charge < -0.3 is 0 Å². The zero-order valence-corrected chi connectivity index (χ0v) is 11.6. The molecule has 7 heteroatoms. The fourth-order valence-electron chi connectivity index (χ4n) is 1.23. The average molecular weight is 325 g/mol. The number of halogens is 2. The number of hydrogen-bond donors (Lipinski definition) is 1. The maximum Gasteiger partial charge on any atom is 0.242 e. The highest BCUT2D eigenvalue weighted by Gasteiger charge is 2.14. The standard InChI is InChI=1S/C10H14BrFN2O2S/c11-4-2-1-3-5-14-17(15,16)10-6-9(12)7-13-8-10/h6-8,14H,1-5H2. The summed E-state index contributed by atoms with van der Waals surface area (Å²) in [6, 6.07) is 0.952. The third-order valence-electron chi connectivity index (χ3n) is 2.09. The Morgan fingerprint density at radius 3 is 2.71 bits per heavy atom. The van der Waals surface area contributed by atoms with Gasteiger partial charge in [-0.05, 0) is 18.9 Å². The Kier molecular flexibility index (Phi) is 6.01. The second-order valence-electron chi connectivity index (χ2n) is 3.49. The maximum absolute atomic E-state index is 12.8. The number of unbranched alkanes of at least 4 members (excludes halogenated alkanes) is 2. The van der Waals surface area contributed by atoms with Crippen molar-refractivity contribution in [3.63, 3.8) is 0 Å². The Morgan fingerprint density at radius 1 is 1.29 bits per heavy atom. The lowest BCUT2D eigenvalue weighted by molar-refractivity contribution is 0.571. The van der Waals surface area contributed by atoms with Crippen molar-refractivity contribution < 1.29 is 12.8 Å². The molecular formula is C10H14BrFN2O2S. The number of pyridine rings is 1. The highest BCUT2D eigenvalue weighted by atomic mass is 79.9. The van der Waals surface area contributed by atoms with Crippen LogP contribution < -0.4 is 4.72 Å². The summed E-state index contributed by atoms with van der Waals surface area (Å²) in [6.45, 7) is 0.353. The fourth-order valence-corrected chi connectivity index (χ4v) is 2.67. The first-order chi connectivity index (χ1) is 8.06. The third-order valence-corrected chi connectivity index (χ3v) is 4.08. The molecule has 0 bridgehead atoms. The van der Waals surface area contributed by atoms with Gasteiger partial charge in [0.2, 0.25) is 10.0 Å². The lowest BCUT2D eigenvalue weighted by atomic mass is 10.3. The van der Waals surface area contributed by atoms with E-state index >= 15 is 0 Å². The van der Waals surface area contributed by atoms with E-state index in [0.717, 1.165) is 43.1 Å². The van der Waals surface area contributed by atoms with Gasteiger partial charge in [0.15, 0.2) is 0 Å². The molecule has 1 heterocycles. The van der Waals surface area contributed by atoms with Gasteiger partial charge >= 0.3 is 0 Å². The Morgan fingerprint density at radius 2 is 2.06 bits per heavy atom. The van der Waals surface area contributed by atoms with E-state index in [4.69, 9.17) is 0 Å². The first-order valence-electron chi connectivity index (χ1n) is 5.22. The molecular weight excluding hydrogens is 311 g/mol. The minimum atomic E-state index is -3.63. The molecule has 1 aromatic heterocycles. The predicted molar refractivity (Wildman–Crippen MR) is 67.0 cm³/mol. The van der Waals surface area contributed by atoms with E-state index in [9.17, 15) is 12.8 Å². The second-order valence-corrected chi connectivity index (χ2v) is 6.05. The van der Waals surface area contributed by atoms with Crippen molar-refractivity contribution in [3.05, 3.63) is 24.3 Å². The van der Waals surface area contributed by atoms with Gasteiger partial charge in [-0.25, -0.2) is 17.5 Å². The van der Waals surface area contributed by atoms with Crippen LogP contribution in [0.3, 0.4) is 0 Å². The van der Waals surface area contributed by atoms with Gasteiger partial charge in [0.05, 0.1) is 6.20 Å². The van der Waals surface area contributed by atoms with Crippen LogP contribution in [0.2, 0.25) is 0 Å². The predicted octanol–water partition coefficient (Wildman–Crippen LogP) is 2.06. The Bertz CT molecular complexity index is 453. The molecule has 0 saturated carbocycles. The van der Waals surface area contributed by atoms with Crippen LogP contribution in [0, 0.1) is 5.82 Å². The number of hydrogen-bond acceptors (Lipinski definition) is 3. The minimum Gasteiger partial charge on any atom is -0.260 e. The first-order valence-corrected chi connectivity index (χ1v) is 7.83. The van der Waals surface area contributed by atoms with Crippen molar-refractivity contribution >= 4 is 26.0 Å². The lowest BCUT2D eigenvalue weighted by Gasteiger charge is -2.05. The van der Waals surface area contributed by atoms with E-state index in [1.807, 2.05) is 0 Å². The van der Waals surface area contributed by atoms with Crippen LogP contribution in [0.1, 0.15) is 19.3 Å². The van der Waals surface area contributed by atoms with Crippen LogP contribution in [0.5, 0.6) is 0 Å². The fraction of sp³-hybridized carbons (Fsp3) is 0.500. The van der Waals surface area contributed by atoms with E-state index in [-0.39, 0.29) is 4.90 Å².